The van der Waals surface area contributed by atoms with Gasteiger partial charge in [0.2, 0.25) is 0 Å². The van der Waals surface area contributed by atoms with Gasteiger partial charge < -0.3 is 0 Å². The second kappa shape index (κ2) is 5.02. The summed E-state index contributed by atoms with van der Waals surface area (Å²) in [5.41, 5.74) is 2.20. The first-order valence-corrected chi connectivity index (χ1v) is 5.86. The molecule has 0 unspecified atom stereocenters. The maximum Gasteiger partial charge on any atom is 0.273 e. The first kappa shape index (κ1) is 13.0. The summed E-state index contributed by atoms with van der Waals surface area (Å²) in [5.74, 6) is -0.193. The zero-order valence-electron chi connectivity index (χ0n) is 10.7. The minimum Gasteiger partial charge on any atom is -0.289 e. The molecule has 0 aromatic heterocycles. The molecule has 0 saturated heterocycles. The van der Waals surface area contributed by atoms with Crippen LogP contribution in [0.3, 0.4) is 0 Å². The highest BCUT2D eigenvalue weighted by Gasteiger charge is 2.18. The van der Waals surface area contributed by atoms with Crippen molar-refractivity contribution in [3.05, 3.63) is 74.8 Å². The fraction of sp³-hybridized carbons (Fsp3) is 0.133. The monoisotopic (exact) mass is 255 g/mol. The minimum absolute atomic E-state index is 0.0233. The molecule has 96 valence electrons. The molecule has 0 saturated carbocycles. The van der Waals surface area contributed by atoms with Crippen molar-refractivity contribution in [3.63, 3.8) is 0 Å². The second-order valence-corrected chi connectivity index (χ2v) is 4.41. The van der Waals surface area contributed by atoms with Gasteiger partial charge in [-0.05, 0) is 25.5 Å². The van der Waals surface area contributed by atoms with Gasteiger partial charge in [-0.15, -0.1) is 0 Å². The number of hydrogen-bond acceptors (Lipinski definition) is 3. The van der Waals surface area contributed by atoms with E-state index >= 15 is 0 Å². The topological polar surface area (TPSA) is 60.2 Å². The maximum atomic E-state index is 12.3. The summed E-state index contributed by atoms with van der Waals surface area (Å²) in [6.45, 7) is 3.45. The van der Waals surface area contributed by atoms with Gasteiger partial charge >= 0.3 is 0 Å². The van der Waals surface area contributed by atoms with Crippen LogP contribution in [0, 0.1) is 24.0 Å². The SMILES string of the molecule is Cc1cc(C)c([N+](=O)[O-])cc1C(=O)c1ccccc1. The Bertz CT molecular complexity index is 648. The first-order chi connectivity index (χ1) is 9.00. The minimum atomic E-state index is -0.462. The lowest BCUT2D eigenvalue weighted by molar-refractivity contribution is -0.385. The van der Waals surface area contributed by atoms with Crippen LogP contribution in [-0.4, -0.2) is 10.7 Å². The van der Waals surface area contributed by atoms with Crippen molar-refractivity contribution in [1.82, 2.24) is 0 Å². The van der Waals surface area contributed by atoms with Gasteiger partial charge in [0.25, 0.3) is 5.69 Å². The first-order valence-electron chi connectivity index (χ1n) is 5.86. The van der Waals surface area contributed by atoms with Crippen LogP contribution in [0.2, 0.25) is 0 Å². The zero-order chi connectivity index (χ0) is 14.0. The molecule has 0 spiro atoms. The van der Waals surface area contributed by atoms with Crippen LogP contribution < -0.4 is 0 Å². The third-order valence-electron chi connectivity index (χ3n) is 3.02. The third-order valence-corrected chi connectivity index (χ3v) is 3.02. The Morgan fingerprint density at radius 1 is 1.05 bits per heavy atom. The van der Waals surface area contributed by atoms with Crippen molar-refractivity contribution in [3.8, 4) is 0 Å². The average Bonchev–Trinajstić information content (AvgIpc) is 2.38. The van der Waals surface area contributed by atoms with E-state index in [0.29, 0.717) is 16.7 Å². The van der Waals surface area contributed by atoms with Crippen LogP contribution in [0.5, 0.6) is 0 Å². The van der Waals surface area contributed by atoms with Gasteiger partial charge in [0.05, 0.1) is 4.92 Å². The van der Waals surface area contributed by atoms with E-state index in [2.05, 4.69) is 0 Å². The number of carbonyl (C=O) groups is 1. The van der Waals surface area contributed by atoms with Gasteiger partial charge in [-0.2, -0.15) is 0 Å². The number of ketones is 1. The number of hydrogen-bond donors (Lipinski definition) is 0. The Morgan fingerprint density at radius 3 is 2.26 bits per heavy atom. The smallest absolute Gasteiger partial charge is 0.273 e. The summed E-state index contributed by atoms with van der Waals surface area (Å²) in [7, 11) is 0. The highest BCUT2D eigenvalue weighted by atomic mass is 16.6. The molecular formula is C15H13NO3. The van der Waals surface area contributed by atoms with Crippen molar-refractivity contribution >= 4 is 11.5 Å². The van der Waals surface area contributed by atoms with E-state index in [1.54, 1.807) is 44.2 Å². The molecule has 4 heteroatoms. The molecule has 0 radical (unpaired) electrons. The van der Waals surface area contributed by atoms with Crippen LogP contribution in [0.1, 0.15) is 27.0 Å². The maximum absolute atomic E-state index is 12.3. The van der Waals surface area contributed by atoms with Crippen LogP contribution in [0.25, 0.3) is 0 Å². The molecular weight excluding hydrogens is 242 g/mol. The number of aryl methyl sites for hydroxylation is 2. The summed E-state index contributed by atoms with van der Waals surface area (Å²) < 4.78 is 0. The summed E-state index contributed by atoms with van der Waals surface area (Å²) in [5, 5.41) is 10.9. The molecule has 0 aliphatic carbocycles. The molecule has 2 aromatic carbocycles. The van der Waals surface area contributed by atoms with E-state index in [0.717, 1.165) is 5.56 Å². The van der Waals surface area contributed by atoms with Crippen LogP contribution in [-0.2, 0) is 0 Å². The molecule has 0 aliphatic heterocycles. The number of nitrogens with zero attached hydrogens (tertiary/aromatic N) is 1. The Kier molecular flexibility index (Phi) is 3.42. The summed E-state index contributed by atoms with van der Waals surface area (Å²) in [4.78, 5) is 22.8. The lowest BCUT2D eigenvalue weighted by atomic mass is 9.96. The van der Waals surface area contributed by atoms with E-state index in [1.807, 2.05) is 6.07 Å². The zero-order valence-corrected chi connectivity index (χ0v) is 10.7. The summed E-state index contributed by atoms with van der Waals surface area (Å²) in [6, 6.07) is 11.8. The van der Waals surface area contributed by atoms with E-state index in [9.17, 15) is 14.9 Å². The van der Waals surface area contributed by atoms with E-state index in [-0.39, 0.29) is 11.5 Å². The molecule has 4 nitrogen and oxygen atoms in total. The average molecular weight is 255 g/mol. The third kappa shape index (κ3) is 2.52. The fourth-order valence-corrected chi connectivity index (χ4v) is 2.03. The van der Waals surface area contributed by atoms with Crippen molar-refractivity contribution < 1.29 is 9.72 Å². The Labute approximate surface area is 110 Å². The Hall–Kier alpha value is -2.49. The molecule has 0 amide bonds. The number of benzene rings is 2. The van der Waals surface area contributed by atoms with Crippen molar-refractivity contribution in [1.29, 1.82) is 0 Å². The number of nitro benzene ring substituents is 1. The number of nitro groups is 1. The van der Waals surface area contributed by atoms with Gasteiger partial charge in [0.15, 0.2) is 5.78 Å². The molecule has 0 heterocycles. The second-order valence-electron chi connectivity index (χ2n) is 4.41. The van der Waals surface area contributed by atoms with Crippen LogP contribution >= 0.6 is 0 Å². The Balaban J connectivity index is 2.54. The van der Waals surface area contributed by atoms with Crippen molar-refractivity contribution in [2.75, 3.05) is 0 Å². The van der Waals surface area contributed by atoms with Crippen molar-refractivity contribution in [2.45, 2.75) is 13.8 Å². The molecule has 2 rings (SSSR count). The van der Waals surface area contributed by atoms with E-state index < -0.39 is 4.92 Å². The van der Waals surface area contributed by atoms with Gasteiger partial charge in [-0.25, -0.2) is 0 Å². The highest BCUT2D eigenvalue weighted by Crippen LogP contribution is 2.24. The molecule has 0 N–H and O–H groups in total. The normalized spacial score (nSPS) is 10.2. The fourth-order valence-electron chi connectivity index (χ4n) is 2.03. The number of rotatable bonds is 3. The summed E-state index contributed by atoms with van der Waals surface area (Å²) >= 11 is 0. The lowest BCUT2D eigenvalue weighted by Gasteiger charge is -2.07. The molecule has 19 heavy (non-hydrogen) atoms. The molecule has 0 aliphatic rings. The quantitative estimate of drug-likeness (QED) is 0.479. The molecule has 0 bridgehead atoms. The lowest BCUT2D eigenvalue weighted by Crippen LogP contribution is -2.05. The van der Waals surface area contributed by atoms with Crippen molar-refractivity contribution in [2.24, 2.45) is 0 Å². The summed E-state index contributed by atoms with van der Waals surface area (Å²) in [6.07, 6.45) is 0. The molecule has 0 fully saturated rings. The Morgan fingerprint density at radius 2 is 1.68 bits per heavy atom. The van der Waals surface area contributed by atoms with Gasteiger partial charge in [-0.1, -0.05) is 30.3 Å². The predicted octanol–water partition coefficient (Wildman–Crippen LogP) is 3.44. The van der Waals surface area contributed by atoms with E-state index in [4.69, 9.17) is 0 Å². The predicted molar refractivity (Wildman–Crippen MR) is 72.4 cm³/mol. The van der Waals surface area contributed by atoms with Gasteiger partial charge in [0, 0.05) is 22.8 Å². The van der Waals surface area contributed by atoms with Crippen LogP contribution in [0.15, 0.2) is 42.5 Å². The standard InChI is InChI=1S/C15H13NO3/c1-10-8-11(2)14(16(18)19)9-13(10)15(17)12-6-4-3-5-7-12/h3-9H,1-2H3. The largest absolute Gasteiger partial charge is 0.289 e. The molecule has 2 aromatic rings. The van der Waals surface area contributed by atoms with Crippen LogP contribution in [0.4, 0.5) is 5.69 Å². The highest BCUT2D eigenvalue weighted by molar-refractivity contribution is 6.10. The molecule has 0 atom stereocenters. The number of carbonyl (C=O) groups excluding carboxylic acids is 1. The van der Waals surface area contributed by atoms with Gasteiger partial charge in [0.1, 0.15) is 0 Å². The van der Waals surface area contributed by atoms with Gasteiger partial charge in [-0.3, -0.25) is 14.9 Å². The van der Waals surface area contributed by atoms with E-state index in [1.165, 1.54) is 6.07 Å².